The van der Waals surface area contributed by atoms with Crippen LogP contribution in [0.2, 0.25) is 0 Å². The van der Waals surface area contributed by atoms with Gasteiger partial charge >= 0.3 is 0 Å². The molecule has 0 unspecified atom stereocenters. The van der Waals surface area contributed by atoms with Crippen molar-refractivity contribution in [2.45, 2.75) is 39.3 Å². The van der Waals surface area contributed by atoms with E-state index in [1.165, 1.54) is 11.1 Å². The molecule has 0 fully saturated rings. The van der Waals surface area contributed by atoms with Crippen molar-refractivity contribution in [2.24, 2.45) is 5.73 Å². The first-order valence-electron chi connectivity index (χ1n) is 9.88. The van der Waals surface area contributed by atoms with Crippen LogP contribution in [0.15, 0.2) is 42.7 Å². The van der Waals surface area contributed by atoms with Crippen LogP contribution in [0.25, 0.3) is 16.9 Å². The van der Waals surface area contributed by atoms with Crippen molar-refractivity contribution in [3.63, 3.8) is 0 Å². The van der Waals surface area contributed by atoms with Crippen molar-refractivity contribution in [3.8, 4) is 11.3 Å². The van der Waals surface area contributed by atoms with Gasteiger partial charge in [0.25, 0.3) is 5.91 Å². The molecule has 30 heavy (non-hydrogen) atoms. The van der Waals surface area contributed by atoms with Gasteiger partial charge in [-0.15, -0.1) is 0 Å². The molecule has 1 aliphatic rings. The van der Waals surface area contributed by atoms with Gasteiger partial charge in [-0.25, -0.2) is 9.50 Å². The number of anilines is 1. The van der Waals surface area contributed by atoms with E-state index in [1.54, 1.807) is 16.9 Å². The molecule has 0 saturated carbocycles. The van der Waals surface area contributed by atoms with Gasteiger partial charge in [-0.2, -0.15) is 10.2 Å². The van der Waals surface area contributed by atoms with E-state index in [2.05, 4.69) is 44.5 Å². The van der Waals surface area contributed by atoms with Crippen molar-refractivity contribution in [3.05, 3.63) is 65.1 Å². The molecule has 3 aromatic heterocycles. The molecule has 1 aromatic carbocycles. The highest BCUT2D eigenvalue weighted by Crippen LogP contribution is 2.35. The van der Waals surface area contributed by atoms with Gasteiger partial charge < -0.3 is 10.6 Å². The number of carbonyl (C=O) groups excluding carboxylic acids is 1. The molecule has 4 heterocycles. The van der Waals surface area contributed by atoms with Crippen molar-refractivity contribution in [1.82, 2.24) is 24.8 Å². The molecule has 5 rings (SSSR count). The topological polar surface area (TPSA) is 105 Å². The second-order valence-electron chi connectivity index (χ2n) is 8.68. The predicted molar refractivity (Wildman–Crippen MR) is 114 cm³/mol. The number of fused-ring (bicyclic) bond motifs is 2. The van der Waals surface area contributed by atoms with Crippen LogP contribution < -0.4 is 10.6 Å². The summed E-state index contributed by atoms with van der Waals surface area (Å²) in [6.45, 7) is 7.67. The molecule has 8 heteroatoms. The summed E-state index contributed by atoms with van der Waals surface area (Å²) in [7, 11) is 0. The van der Waals surface area contributed by atoms with E-state index in [1.807, 2.05) is 26.8 Å². The standard InChI is InChI=1S/C22H23N7O/c1-22(2,3)18-19(20(23)30)27-29-16(15-9-24-25-10-15)8-17(26-21(18)29)28-11-13-6-4-5-7-14(13)12-28/h4-10H,11-12H2,1-3H3,(H2,23,30)(H,24,25). The van der Waals surface area contributed by atoms with Crippen LogP contribution >= 0.6 is 0 Å². The SMILES string of the molecule is CC(C)(C)c1c(C(N)=O)nn2c(-c3cn[nH]c3)cc(N3Cc4ccccc4C3)nc12. The molecular weight excluding hydrogens is 378 g/mol. The van der Waals surface area contributed by atoms with E-state index >= 15 is 0 Å². The third-order valence-corrected chi connectivity index (χ3v) is 5.52. The Morgan fingerprint density at radius 2 is 1.87 bits per heavy atom. The molecule has 8 nitrogen and oxygen atoms in total. The Bertz CT molecular complexity index is 1240. The summed E-state index contributed by atoms with van der Waals surface area (Å²) in [5, 5.41) is 11.5. The second kappa shape index (κ2) is 6.41. The lowest BCUT2D eigenvalue weighted by Crippen LogP contribution is -2.21. The molecule has 0 saturated heterocycles. The quantitative estimate of drug-likeness (QED) is 0.549. The van der Waals surface area contributed by atoms with Crippen LogP contribution in [0, 0.1) is 0 Å². The maximum Gasteiger partial charge on any atom is 0.269 e. The smallest absolute Gasteiger partial charge is 0.269 e. The number of hydrogen-bond donors (Lipinski definition) is 2. The first kappa shape index (κ1) is 18.4. The number of primary amides is 1. The van der Waals surface area contributed by atoms with E-state index in [-0.39, 0.29) is 11.1 Å². The molecule has 3 N–H and O–H groups in total. The Morgan fingerprint density at radius 3 is 2.43 bits per heavy atom. The number of rotatable bonds is 3. The van der Waals surface area contributed by atoms with E-state index in [0.29, 0.717) is 5.65 Å². The summed E-state index contributed by atoms with van der Waals surface area (Å²) in [4.78, 5) is 19.4. The highest BCUT2D eigenvalue weighted by Gasteiger charge is 2.31. The number of hydrogen-bond acceptors (Lipinski definition) is 5. The molecule has 0 bridgehead atoms. The van der Waals surface area contributed by atoms with Gasteiger partial charge in [-0.1, -0.05) is 45.0 Å². The van der Waals surface area contributed by atoms with Crippen LogP contribution in [-0.2, 0) is 18.5 Å². The van der Waals surface area contributed by atoms with Gasteiger partial charge in [0.1, 0.15) is 5.82 Å². The number of nitrogens with zero attached hydrogens (tertiary/aromatic N) is 5. The fourth-order valence-corrected chi connectivity index (χ4v) is 4.12. The van der Waals surface area contributed by atoms with E-state index < -0.39 is 5.91 Å². The third-order valence-electron chi connectivity index (χ3n) is 5.52. The monoisotopic (exact) mass is 401 g/mol. The maximum absolute atomic E-state index is 12.2. The Hall–Kier alpha value is -3.68. The number of nitrogens with two attached hydrogens (primary N) is 1. The van der Waals surface area contributed by atoms with E-state index in [9.17, 15) is 4.79 Å². The fraction of sp³-hybridized carbons (Fsp3) is 0.273. The minimum Gasteiger partial charge on any atom is -0.364 e. The van der Waals surface area contributed by atoms with Crippen molar-refractivity contribution in [1.29, 1.82) is 0 Å². The van der Waals surface area contributed by atoms with Gasteiger partial charge in [-0.05, 0) is 16.5 Å². The molecule has 4 aromatic rings. The highest BCUT2D eigenvalue weighted by atomic mass is 16.1. The summed E-state index contributed by atoms with van der Waals surface area (Å²) in [6, 6.07) is 10.4. The number of nitrogens with one attached hydrogen (secondary N) is 1. The molecule has 1 amide bonds. The van der Waals surface area contributed by atoms with Crippen molar-refractivity contribution in [2.75, 3.05) is 4.90 Å². The lowest BCUT2D eigenvalue weighted by molar-refractivity contribution is 0.0993. The van der Waals surface area contributed by atoms with Crippen molar-refractivity contribution < 1.29 is 4.79 Å². The van der Waals surface area contributed by atoms with Crippen molar-refractivity contribution >= 4 is 17.4 Å². The molecule has 0 aliphatic carbocycles. The zero-order valence-corrected chi connectivity index (χ0v) is 17.2. The molecule has 0 atom stereocenters. The Kier molecular flexibility index (Phi) is 3.92. The highest BCUT2D eigenvalue weighted by molar-refractivity contribution is 5.95. The average Bonchev–Trinajstić information content (AvgIpc) is 3.43. The third kappa shape index (κ3) is 2.83. The number of aromatic nitrogens is 5. The molecule has 1 aliphatic heterocycles. The van der Waals surface area contributed by atoms with Crippen LogP contribution in [0.3, 0.4) is 0 Å². The van der Waals surface area contributed by atoms with Crippen LogP contribution in [0.5, 0.6) is 0 Å². The Balaban J connectivity index is 1.76. The summed E-state index contributed by atoms with van der Waals surface area (Å²) in [5.41, 5.74) is 11.2. The minimum atomic E-state index is -0.557. The maximum atomic E-state index is 12.2. The lowest BCUT2D eigenvalue weighted by atomic mass is 9.86. The normalized spacial score (nSPS) is 13.8. The molecule has 0 spiro atoms. The molecule has 152 valence electrons. The summed E-state index contributed by atoms with van der Waals surface area (Å²) < 4.78 is 1.71. The van der Waals surface area contributed by atoms with Gasteiger partial charge in [0, 0.05) is 36.5 Å². The number of aromatic amines is 1. The second-order valence-corrected chi connectivity index (χ2v) is 8.68. The van der Waals surface area contributed by atoms with E-state index in [4.69, 9.17) is 10.7 Å². The van der Waals surface area contributed by atoms with Gasteiger partial charge in [0.15, 0.2) is 11.3 Å². The van der Waals surface area contributed by atoms with Gasteiger partial charge in [-0.3, -0.25) is 9.89 Å². The zero-order chi connectivity index (χ0) is 21.0. The number of H-pyrrole nitrogens is 1. The number of amides is 1. The first-order chi connectivity index (χ1) is 14.3. The van der Waals surface area contributed by atoms with Gasteiger partial charge in [0.2, 0.25) is 0 Å². The van der Waals surface area contributed by atoms with E-state index in [0.717, 1.165) is 35.7 Å². The minimum absolute atomic E-state index is 0.251. The largest absolute Gasteiger partial charge is 0.364 e. The van der Waals surface area contributed by atoms with Gasteiger partial charge in [0.05, 0.1) is 11.9 Å². The Morgan fingerprint density at radius 1 is 1.17 bits per heavy atom. The zero-order valence-electron chi connectivity index (χ0n) is 17.2. The number of benzene rings is 1. The predicted octanol–water partition coefficient (Wildman–Crippen LogP) is 3.04. The first-order valence-corrected chi connectivity index (χ1v) is 9.88. The summed E-state index contributed by atoms with van der Waals surface area (Å²) in [5.74, 6) is 0.273. The fourth-order valence-electron chi connectivity index (χ4n) is 4.12. The lowest BCUT2D eigenvalue weighted by Gasteiger charge is -2.21. The summed E-state index contributed by atoms with van der Waals surface area (Å²) in [6.07, 6.45) is 3.54. The average molecular weight is 401 g/mol. The number of carbonyl (C=O) groups is 1. The molecule has 0 radical (unpaired) electrons. The van der Waals surface area contributed by atoms with Crippen LogP contribution in [0.4, 0.5) is 5.82 Å². The molecular formula is C22H23N7O. The van der Waals surface area contributed by atoms with Crippen LogP contribution in [-0.4, -0.2) is 30.7 Å². The Labute approximate surface area is 173 Å². The summed E-state index contributed by atoms with van der Waals surface area (Å²) >= 11 is 0. The van der Waals surface area contributed by atoms with Crippen LogP contribution in [0.1, 0.15) is 48.0 Å².